The second-order valence-corrected chi connectivity index (χ2v) is 11.6. The van der Waals surface area contributed by atoms with E-state index in [2.05, 4.69) is 42.7 Å². The number of amides is 1. The van der Waals surface area contributed by atoms with Crippen LogP contribution < -0.4 is 9.80 Å². The topological polar surface area (TPSA) is 63.2 Å². The molecular formula is C31H38ClN5O2. The first-order chi connectivity index (χ1) is 18.5. The van der Waals surface area contributed by atoms with E-state index < -0.39 is 0 Å². The first kappa shape index (κ1) is 28.5. The zero-order chi connectivity index (χ0) is 28.3. The minimum absolute atomic E-state index is 0.0962. The number of carbonyl (C=O) groups excluding carboxylic acids is 1. The SMILES string of the molecule is Cc1cc(-c2ccc(N(C=O)/C=C\N(C)C)c(Cl)c2)c(O)c(-c2cccc(N3CCN(C(C)(C)C)CC3)c2)n1. The molecule has 0 aliphatic carbocycles. The highest BCUT2D eigenvalue weighted by Gasteiger charge is 2.26. The number of aromatic nitrogens is 1. The second-order valence-electron chi connectivity index (χ2n) is 11.1. The third kappa shape index (κ3) is 6.54. The zero-order valence-electron chi connectivity index (χ0n) is 23.6. The summed E-state index contributed by atoms with van der Waals surface area (Å²) in [6.45, 7) is 12.6. The average molecular weight is 548 g/mol. The van der Waals surface area contributed by atoms with Gasteiger partial charge in [-0.1, -0.05) is 29.8 Å². The molecule has 2 aromatic carbocycles. The van der Waals surface area contributed by atoms with E-state index in [1.807, 2.05) is 50.2 Å². The summed E-state index contributed by atoms with van der Waals surface area (Å²) in [6.07, 6.45) is 4.13. The number of benzene rings is 2. The maximum atomic E-state index is 11.7. The molecule has 39 heavy (non-hydrogen) atoms. The van der Waals surface area contributed by atoms with Gasteiger partial charge in [-0.3, -0.25) is 14.6 Å². The van der Waals surface area contributed by atoms with Gasteiger partial charge in [-0.15, -0.1) is 0 Å². The third-order valence-corrected chi connectivity index (χ3v) is 7.31. The molecular weight excluding hydrogens is 510 g/mol. The van der Waals surface area contributed by atoms with Crippen LogP contribution in [0.4, 0.5) is 11.4 Å². The second kappa shape index (κ2) is 11.7. The Balaban J connectivity index is 1.64. The van der Waals surface area contributed by atoms with Gasteiger partial charge in [-0.25, -0.2) is 4.98 Å². The van der Waals surface area contributed by atoms with Gasteiger partial charge in [0.15, 0.2) is 0 Å². The summed E-state index contributed by atoms with van der Waals surface area (Å²) in [5.74, 6) is 0.0962. The molecule has 0 unspecified atom stereocenters. The van der Waals surface area contributed by atoms with Crippen molar-refractivity contribution < 1.29 is 9.90 Å². The molecule has 1 amide bonds. The Bertz CT molecular complexity index is 1360. The Morgan fingerprint density at radius 3 is 2.31 bits per heavy atom. The predicted molar refractivity (Wildman–Crippen MR) is 161 cm³/mol. The van der Waals surface area contributed by atoms with E-state index >= 15 is 0 Å². The summed E-state index contributed by atoms with van der Waals surface area (Å²) in [5, 5.41) is 11.8. The molecule has 1 aromatic heterocycles. The van der Waals surface area contributed by atoms with Gasteiger partial charge in [-0.05, 0) is 63.6 Å². The van der Waals surface area contributed by atoms with E-state index in [0.29, 0.717) is 28.4 Å². The third-order valence-electron chi connectivity index (χ3n) is 7.01. The van der Waals surface area contributed by atoms with E-state index in [-0.39, 0.29) is 11.3 Å². The summed E-state index contributed by atoms with van der Waals surface area (Å²) in [4.78, 5) is 24.5. The monoisotopic (exact) mass is 547 g/mol. The number of anilines is 2. The molecule has 0 bridgehead atoms. The smallest absolute Gasteiger partial charge is 0.218 e. The lowest BCUT2D eigenvalue weighted by Crippen LogP contribution is -2.53. The van der Waals surface area contributed by atoms with Crippen molar-refractivity contribution in [2.45, 2.75) is 33.2 Å². The first-order valence-corrected chi connectivity index (χ1v) is 13.5. The zero-order valence-corrected chi connectivity index (χ0v) is 24.4. The van der Waals surface area contributed by atoms with Crippen molar-refractivity contribution in [1.82, 2.24) is 14.8 Å². The fourth-order valence-corrected chi connectivity index (χ4v) is 5.11. The van der Waals surface area contributed by atoms with Gasteiger partial charge in [0, 0.05) is 80.7 Å². The van der Waals surface area contributed by atoms with Crippen molar-refractivity contribution in [3.8, 4) is 28.1 Å². The van der Waals surface area contributed by atoms with Gasteiger partial charge in [0.25, 0.3) is 0 Å². The van der Waals surface area contributed by atoms with Crippen molar-refractivity contribution in [2.75, 3.05) is 50.1 Å². The lowest BCUT2D eigenvalue weighted by Gasteiger charge is -2.43. The van der Waals surface area contributed by atoms with Crippen LogP contribution in [0.5, 0.6) is 5.75 Å². The molecule has 2 heterocycles. The van der Waals surface area contributed by atoms with Crippen molar-refractivity contribution in [1.29, 1.82) is 0 Å². The van der Waals surface area contributed by atoms with Crippen LogP contribution in [0.2, 0.25) is 5.02 Å². The number of hydrogen-bond acceptors (Lipinski definition) is 6. The van der Waals surface area contributed by atoms with Crippen LogP contribution in [0, 0.1) is 6.92 Å². The van der Waals surface area contributed by atoms with E-state index in [4.69, 9.17) is 16.6 Å². The predicted octanol–water partition coefficient (Wildman–Crippen LogP) is 6.00. The minimum atomic E-state index is 0.0962. The number of rotatable bonds is 7. The highest BCUT2D eigenvalue weighted by Crippen LogP contribution is 2.40. The van der Waals surface area contributed by atoms with Crippen LogP contribution in [-0.2, 0) is 4.79 Å². The molecule has 8 heteroatoms. The van der Waals surface area contributed by atoms with Crippen LogP contribution >= 0.6 is 11.6 Å². The van der Waals surface area contributed by atoms with Crippen LogP contribution in [0.15, 0.2) is 60.9 Å². The fourth-order valence-electron chi connectivity index (χ4n) is 4.83. The summed E-state index contributed by atoms with van der Waals surface area (Å²) in [5.41, 5.74) is 5.39. The minimum Gasteiger partial charge on any atom is -0.505 e. The number of hydrogen-bond donors (Lipinski definition) is 1. The maximum absolute atomic E-state index is 11.7. The molecule has 1 aliphatic rings. The maximum Gasteiger partial charge on any atom is 0.218 e. The number of aromatic hydroxyl groups is 1. The Kier molecular flexibility index (Phi) is 8.52. The lowest BCUT2D eigenvalue weighted by molar-refractivity contribution is -0.106. The molecule has 1 saturated heterocycles. The van der Waals surface area contributed by atoms with Crippen LogP contribution in [0.25, 0.3) is 22.4 Å². The molecule has 1 N–H and O–H groups in total. The van der Waals surface area contributed by atoms with E-state index in [9.17, 15) is 9.90 Å². The van der Waals surface area contributed by atoms with Gasteiger partial charge < -0.3 is 14.9 Å². The Labute approximate surface area is 236 Å². The number of pyridine rings is 1. The van der Waals surface area contributed by atoms with Crippen molar-refractivity contribution in [3.63, 3.8) is 0 Å². The molecule has 1 aliphatic heterocycles. The molecule has 0 saturated carbocycles. The van der Waals surface area contributed by atoms with Crippen molar-refractivity contribution in [3.05, 3.63) is 71.6 Å². The summed E-state index contributed by atoms with van der Waals surface area (Å²) in [6, 6.07) is 15.5. The quantitative estimate of drug-likeness (QED) is 0.366. The fraction of sp³-hybridized carbons (Fsp3) is 0.355. The van der Waals surface area contributed by atoms with E-state index in [0.717, 1.165) is 48.7 Å². The molecule has 0 atom stereocenters. The number of carbonyl (C=O) groups is 1. The van der Waals surface area contributed by atoms with Crippen molar-refractivity contribution >= 4 is 29.4 Å². The molecule has 4 rings (SSSR count). The normalized spacial score (nSPS) is 14.6. The van der Waals surface area contributed by atoms with Crippen molar-refractivity contribution in [2.24, 2.45) is 0 Å². The lowest BCUT2D eigenvalue weighted by atomic mass is 9.99. The van der Waals surface area contributed by atoms with Crippen LogP contribution in [0.3, 0.4) is 0 Å². The largest absolute Gasteiger partial charge is 0.505 e. The molecule has 206 valence electrons. The molecule has 3 aromatic rings. The Morgan fingerprint density at radius 1 is 0.974 bits per heavy atom. The number of nitrogens with zero attached hydrogens (tertiary/aromatic N) is 5. The summed E-state index contributed by atoms with van der Waals surface area (Å²) < 4.78 is 0. The van der Waals surface area contributed by atoms with E-state index in [1.54, 1.807) is 24.5 Å². The van der Waals surface area contributed by atoms with Gasteiger partial charge in [0.2, 0.25) is 6.41 Å². The van der Waals surface area contributed by atoms with Gasteiger partial charge in [0.1, 0.15) is 11.4 Å². The number of aryl methyl sites for hydroxylation is 1. The van der Waals surface area contributed by atoms with Gasteiger partial charge in [0.05, 0.1) is 10.7 Å². The van der Waals surface area contributed by atoms with E-state index in [1.165, 1.54) is 4.90 Å². The molecule has 0 spiro atoms. The average Bonchev–Trinajstić information content (AvgIpc) is 2.90. The van der Waals surface area contributed by atoms with Gasteiger partial charge in [-0.2, -0.15) is 0 Å². The summed E-state index contributed by atoms with van der Waals surface area (Å²) >= 11 is 6.61. The standard InChI is InChI=1S/C31H38ClN5O2/c1-22-18-26(23-10-11-28(27(32)20-23)36(21-38)13-12-34(5)6)30(39)29(33-22)24-8-7-9-25(19-24)35-14-16-37(17-15-35)31(2,3)4/h7-13,18-21,39H,14-17H2,1-6H3/b13-12-. The number of halogens is 1. The Hall–Kier alpha value is -3.55. The van der Waals surface area contributed by atoms with Crippen LogP contribution in [0.1, 0.15) is 26.5 Å². The van der Waals surface area contributed by atoms with Gasteiger partial charge >= 0.3 is 0 Å². The summed E-state index contributed by atoms with van der Waals surface area (Å²) in [7, 11) is 3.75. The molecule has 7 nitrogen and oxygen atoms in total. The Morgan fingerprint density at radius 2 is 1.69 bits per heavy atom. The molecule has 0 radical (unpaired) electrons. The highest BCUT2D eigenvalue weighted by molar-refractivity contribution is 6.34. The first-order valence-electron chi connectivity index (χ1n) is 13.2. The van der Waals surface area contributed by atoms with Crippen LogP contribution in [-0.4, -0.2) is 72.1 Å². The molecule has 1 fully saturated rings. The number of piperazine rings is 1. The highest BCUT2D eigenvalue weighted by atomic mass is 35.5.